The molecular formula is C29H36N2O5S. The van der Waals surface area contributed by atoms with Crippen molar-refractivity contribution in [2.75, 3.05) is 26.3 Å². The highest BCUT2D eigenvalue weighted by molar-refractivity contribution is 8.02. The number of carbonyl (C=O) groups excluding carboxylic acids is 3. The molecule has 0 radical (unpaired) electrons. The first-order valence-corrected chi connectivity index (χ1v) is 14.4. The predicted molar refractivity (Wildman–Crippen MR) is 142 cm³/mol. The number of likely N-dealkylation sites (tertiary alicyclic amines) is 1. The van der Waals surface area contributed by atoms with Gasteiger partial charge in [-0.3, -0.25) is 14.4 Å². The number of unbranched alkanes of at least 4 members (excludes halogenated alkanes) is 3. The van der Waals surface area contributed by atoms with Crippen LogP contribution in [0.3, 0.4) is 0 Å². The van der Waals surface area contributed by atoms with Gasteiger partial charge in [-0.1, -0.05) is 67.5 Å². The van der Waals surface area contributed by atoms with Crippen molar-refractivity contribution in [3.63, 3.8) is 0 Å². The van der Waals surface area contributed by atoms with Crippen molar-refractivity contribution in [3.8, 4) is 0 Å². The van der Waals surface area contributed by atoms with Gasteiger partial charge in [-0.2, -0.15) is 0 Å². The van der Waals surface area contributed by atoms with E-state index in [0.717, 1.165) is 44.1 Å². The Hall–Kier alpha value is -2.58. The number of esters is 1. The van der Waals surface area contributed by atoms with Crippen molar-refractivity contribution in [1.29, 1.82) is 0 Å². The van der Waals surface area contributed by atoms with Crippen LogP contribution in [0.5, 0.6) is 0 Å². The van der Waals surface area contributed by atoms with E-state index in [1.165, 1.54) is 0 Å². The van der Waals surface area contributed by atoms with Gasteiger partial charge in [-0.15, -0.1) is 11.8 Å². The highest BCUT2D eigenvalue weighted by atomic mass is 32.2. The zero-order valence-electron chi connectivity index (χ0n) is 21.2. The Balaban J connectivity index is 1.49. The third kappa shape index (κ3) is 4.98. The van der Waals surface area contributed by atoms with Gasteiger partial charge in [0.1, 0.15) is 6.04 Å². The molecule has 37 heavy (non-hydrogen) atoms. The Kier molecular flexibility index (Phi) is 8.05. The fraction of sp³-hybridized carbons (Fsp3) is 0.552. The summed E-state index contributed by atoms with van der Waals surface area (Å²) in [6, 6.07) is 9.24. The van der Waals surface area contributed by atoms with Crippen LogP contribution in [0.15, 0.2) is 54.6 Å². The maximum Gasteiger partial charge on any atom is 0.311 e. The molecule has 4 heterocycles. The summed E-state index contributed by atoms with van der Waals surface area (Å²) in [4.78, 5) is 45.2. The summed E-state index contributed by atoms with van der Waals surface area (Å²) in [7, 11) is 0. The summed E-state index contributed by atoms with van der Waals surface area (Å²) in [5, 5.41) is 8.92. The zero-order chi connectivity index (χ0) is 25.8. The molecule has 7 nitrogen and oxygen atoms in total. The van der Waals surface area contributed by atoms with Crippen LogP contribution in [-0.2, 0) is 25.7 Å². The lowest BCUT2D eigenvalue weighted by Crippen LogP contribution is -2.53. The molecule has 1 aromatic carbocycles. The molecule has 8 heteroatoms. The Morgan fingerprint density at radius 1 is 1.03 bits per heavy atom. The molecule has 0 saturated carbocycles. The Morgan fingerprint density at radius 3 is 2.65 bits per heavy atom. The third-order valence-electron chi connectivity index (χ3n) is 7.96. The molecule has 1 unspecified atom stereocenters. The number of aliphatic hydroxyl groups excluding tert-OH is 1. The average molecular weight is 525 g/mol. The number of hydrogen-bond donors (Lipinski definition) is 1. The topological polar surface area (TPSA) is 87.2 Å². The van der Waals surface area contributed by atoms with E-state index >= 15 is 0 Å². The highest BCUT2D eigenvalue weighted by Gasteiger charge is 2.70. The fourth-order valence-electron chi connectivity index (χ4n) is 6.23. The number of thioether (sulfide) groups is 1. The van der Waals surface area contributed by atoms with Crippen molar-refractivity contribution in [2.24, 2.45) is 11.8 Å². The van der Waals surface area contributed by atoms with E-state index in [1.54, 1.807) is 16.7 Å². The van der Waals surface area contributed by atoms with Gasteiger partial charge in [0.2, 0.25) is 11.8 Å². The SMILES string of the molecule is O=C1OCCC/C=C\[C@H]2S[C@]34C=CCN(Cc5ccccc5)C(=O)C3N(CCCCCCO)C(=O)[C@@H]4[C@@H]12. The van der Waals surface area contributed by atoms with E-state index < -0.39 is 22.6 Å². The average Bonchev–Trinajstić information content (AvgIpc) is 3.31. The van der Waals surface area contributed by atoms with Gasteiger partial charge in [0.15, 0.2) is 0 Å². The summed E-state index contributed by atoms with van der Waals surface area (Å²) in [5.41, 5.74) is 1.04. The molecule has 0 bridgehead atoms. The minimum Gasteiger partial charge on any atom is -0.465 e. The lowest BCUT2D eigenvalue weighted by molar-refractivity contribution is -0.153. The molecule has 4 aliphatic rings. The van der Waals surface area contributed by atoms with Gasteiger partial charge in [-0.25, -0.2) is 0 Å². The lowest BCUT2D eigenvalue weighted by atomic mass is 9.78. The number of benzene rings is 1. The van der Waals surface area contributed by atoms with Crippen LogP contribution in [0.25, 0.3) is 0 Å². The van der Waals surface area contributed by atoms with Gasteiger partial charge in [0, 0.05) is 31.5 Å². The van der Waals surface area contributed by atoms with Crippen molar-refractivity contribution in [1.82, 2.24) is 9.80 Å². The van der Waals surface area contributed by atoms with Crippen molar-refractivity contribution in [3.05, 3.63) is 60.2 Å². The van der Waals surface area contributed by atoms with Gasteiger partial charge in [-0.05, 0) is 31.2 Å². The number of cyclic esters (lactones) is 1. The Morgan fingerprint density at radius 2 is 1.84 bits per heavy atom. The van der Waals surface area contributed by atoms with Crippen LogP contribution in [-0.4, -0.2) is 75.0 Å². The summed E-state index contributed by atoms with van der Waals surface area (Å²) in [5.74, 6) is -1.73. The van der Waals surface area contributed by atoms with Gasteiger partial charge in [0.05, 0.1) is 23.2 Å². The first-order chi connectivity index (χ1) is 18.1. The van der Waals surface area contributed by atoms with Crippen molar-refractivity contribution >= 4 is 29.5 Å². The molecule has 5 rings (SSSR count). The summed E-state index contributed by atoms with van der Waals surface area (Å²) < 4.78 is 4.82. The summed E-state index contributed by atoms with van der Waals surface area (Å²) in [6.45, 7) is 1.91. The summed E-state index contributed by atoms with van der Waals surface area (Å²) in [6.07, 6.45) is 13.0. The van der Waals surface area contributed by atoms with Crippen LogP contribution in [0.4, 0.5) is 0 Å². The molecule has 1 N–H and O–H groups in total. The van der Waals surface area contributed by atoms with Crippen LogP contribution < -0.4 is 0 Å². The molecular weight excluding hydrogens is 488 g/mol. The maximum absolute atomic E-state index is 14.2. The molecule has 2 fully saturated rings. The molecule has 0 aromatic heterocycles. The number of nitrogens with zero attached hydrogens (tertiary/aromatic N) is 2. The molecule has 4 aliphatic heterocycles. The van der Waals surface area contributed by atoms with Gasteiger partial charge in [0.25, 0.3) is 0 Å². The zero-order valence-corrected chi connectivity index (χ0v) is 22.0. The number of carbonyl (C=O) groups is 3. The quantitative estimate of drug-likeness (QED) is 0.319. The van der Waals surface area contributed by atoms with E-state index in [2.05, 4.69) is 18.2 Å². The van der Waals surface area contributed by atoms with E-state index in [9.17, 15) is 14.4 Å². The van der Waals surface area contributed by atoms with Crippen molar-refractivity contribution < 1.29 is 24.2 Å². The Labute approximate surface area is 222 Å². The molecule has 5 atom stereocenters. The van der Waals surface area contributed by atoms with E-state index in [0.29, 0.717) is 26.2 Å². The van der Waals surface area contributed by atoms with Crippen LogP contribution in [0.2, 0.25) is 0 Å². The fourth-order valence-corrected chi connectivity index (χ4v) is 8.24. The monoisotopic (exact) mass is 524 g/mol. The van der Waals surface area contributed by atoms with Crippen LogP contribution in [0.1, 0.15) is 44.1 Å². The number of allylic oxidation sites excluding steroid dienone is 1. The first-order valence-electron chi connectivity index (χ1n) is 13.5. The molecule has 1 aromatic rings. The minimum atomic E-state index is -0.803. The second-order valence-corrected chi connectivity index (χ2v) is 11.8. The second-order valence-electron chi connectivity index (χ2n) is 10.4. The normalized spacial score (nSPS) is 32.1. The third-order valence-corrected chi connectivity index (χ3v) is 9.70. The number of rotatable bonds is 8. The second kappa shape index (κ2) is 11.4. The molecule has 2 saturated heterocycles. The van der Waals surface area contributed by atoms with Crippen molar-refractivity contribution in [2.45, 2.75) is 61.1 Å². The number of aliphatic hydroxyl groups is 1. The van der Waals surface area contributed by atoms with Crippen LogP contribution in [0, 0.1) is 11.8 Å². The number of ether oxygens (including phenoxy) is 1. The predicted octanol–water partition coefficient (Wildman–Crippen LogP) is 3.33. The summed E-state index contributed by atoms with van der Waals surface area (Å²) >= 11 is 1.59. The van der Waals surface area contributed by atoms with Gasteiger partial charge >= 0.3 is 5.97 Å². The highest BCUT2D eigenvalue weighted by Crippen LogP contribution is 2.60. The first kappa shape index (κ1) is 26.0. The molecule has 0 aliphatic carbocycles. The number of amides is 2. The smallest absolute Gasteiger partial charge is 0.311 e. The standard InChI is InChI=1S/C29H36N2O5S/c32-18-9-2-1-8-17-31-25-27(34)30(20-21-12-5-3-6-13-21)16-11-15-29(25)24(26(31)33)23-22(37-29)14-7-4-10-19-36-28(23)35/h3,5-7,11-15,22-25,32H,1-2,4,8-10,16-20H2/b14-7-/t22-,23+,24+,25?,29+/m1/s1. The van der Waals surface area contributed by atoms with E-state index in [4.69, 9.17) is 9.84 Å². The molecule has 198 valence electrons. The largest absolute Gasteiger partial charge is 0.465 e. The molecule has 2 amide bonds. The molecule has 1 spiro atoms. The number of hydrogen-bond acceptors (Lipinski definition) is 6. The number of fused-ring (bicyclic) bond motifs is 2. The Bertz CT molecular complexity index is 1060. The maximum atomic E-state index is 14.2. The minimum absolute atomic E-state index is 0.0589. The van der Waals surface area contributed by atoms with Gasteiger partial charge < -0.3 is 19.6 Å². The lowest BCUT2D eigenvalue weighted by Gasteiger charge is -2.35. The van der Waals surface area contributed by atoms with E-state index in [1.807, 2.05) is 41.3 Å². The van der Waals surface area contributed by atoms with Crippen LogP contribution >= 0.6 is 11.8 Å². The van der Waals surface area contributed by atoms with E-state index in [-0.39, 0.29) is 29.6 Å².